The number of hydrogen-bond acceptors (Lipinski definition) is 12. The van der Waals surface area contributed by atoms with E-state index in [1.807, 2.05) is 32.0 Å². The van der Waals surface area contributed by atoms with Crippen LogP contribution in [-0.4, -0.2) is 109 Å². The van der Waals surface area contributed by atoms with E-state index in [-0.39, 0.29) is 46.4 Å². The number of furan rings is 1. The molecule has 2 unspecified atom stereocenters. The summed E-state index contributed by atoms with van der Waals surface area (Å²) >= 11 is 22.7. The second-order valence-corrected chi connectivity index (χ2v) is 18.5. The number of carbonyl (C=O) groups excluding carboxylic acids is 2. The Bertz CT molecular complexity index is 2460. The number of methoxy groups -OCH3 is 1. The van der Waals surface area contributed by atoms with E-state index in [9.17, 15) is 47.0 Å². The molecule has 386 valence electrons. The number of carboxylic acids is 2. The summed E-state index contributed by atoms with van der Waals surface area (Å²) in [6.45, 7) is 10.1. The number of amides is 2. The predicted molar refractivity (Wildman–Crippen MR) is 253 cm³/mol. The molecule has 1 aromatic heterocycles. The lowest BCUT2D eigenvalue weighted by Crippen LogP contribution is -2.45. The zero-order valence-corrected chi connectivity index (χ0v) is 42.0. The molecular weight excluding hydrogens is 1040 g/mol. The number of aromatic carboxylic acids is 1. The molecule has 0 aliphatic carbocycles. The number of benzene rings is 3. The SMILES string of the molecule is CC1(C)OC(c2ccco2)CN1C(=O)C(Cl)Cl.CCc1cccc(C)c1N(C(=O)CCl)C(C)COC.O=C(O)CNCP(=O)(O)O.O=C(O)c1cc(Oc2ccc(C(F)(F)F)cc2Cl)ccc1[N+](=O)[O-]. The molecule has 0 bridgehead atoms. The van der Waals surface area contributed by atoms with Crippen molar-refractivity contribution in [2.45, 2.75) is 69.9 Å². The van der Waals surface area contributed by atoms with E-state index in [2.05, 4.69) is 18.3 Å². The summed E-state index contributed by atoms with van der Waals surface area (Å²) in [6.07, 6.45) is -3.01. The van der Waals surface area contributed by atoms with Crippen molar-refractivity contribution in [3.63, 3.8) is 0 Å². The third-order valence-corrected chi connectivity index (χ3v) is 10.9. The van der Waals surface area contributed by atoms with Crippen LogP contribution < -0.4 is 15.0 Å². The highest BCUT2D eigenvalue weighted by molar-refractivity contribution is 7.51. The van der Waals surface area contributed by atoms with E-state index < -0.39 is 70.8 Å². The normalized spacial score (nSPS) is 14.5. The fraction of sp³-hybridized carbons (Fsp3) is 0.395. The van der Waals surface area contributed by atoms with Crippen LogP contribution in [0.15, 0.2) is 77.4 Å². The van der Waals surface area contributed by atoms with Crippen LogP contribution in [0.5, 0.6) is 11.5 Å². The van der Waals surface area contributed by atoms with E-state index in [0.29, 0.717) is 25.0 Å². The molecule has 19 nitrogen and oxygen atoms in total. The number of hydrogen-bond donors (Lipinski definition) is 5. The van der Waals surface area contributed by atoms with Gasteiger partial charge in [0, 0.05) is 19.2 Å². The first-order chi connectivity index (χ1) is 32.5. The predicted octanol–water partition coefficient (Wildman–Crippen LogP) is 9.44. The molecule has 1 aliphatic heterocycles. The van der Waals surface area contributed by atoms with Gasteiger partial charge in [0.05, 0.1) is 59.5 Å². The number of nitro groups is 1. The quantitative estimate of drug-likeness (QED) is 0.0302. The number of carbonyl (C=O) groups is 4. The maximum atomic E-state index is 12.6. The number of nitrogens with one attached hydrogen (secondary N) is 1. The lowest BCUT2D eigenvalue weighted by atomic mass is 10.0. The summed E-state index contributed by atoms with van der Waals surface area (Å²) in [5, 5.41) is 29.4. The fourth-order valence-corrected chi connectivity index (χ4v) is 7.34. The first-order valence-electron chi connectivity index (χ1n) is 20.3. The van der Waals surface area contributed by atoms with Gasteiger partial charge in [-0.25, -0.2) is 4.79 Å². The van der Waals surface area contributed by atoms with Crippen LogP contribution >= 0.6 is 54.0 Å². The van der Waals surface area contributed by atoms with Crippen molar-refractivity contribution in [1.82, 2.24) is 10.2 Å². The van der Waals surface area contributed by atoms with Crippen LogP contribution in [0.1, 0.15) is 66.6 Å². The minimum Gasteiger partial charge on any atom is -0.480 e. The highest BCUT2D eigenvalue weighted by atomic mass is 35.5. The zero-order chi connectivity index (χ0) is 53.3. The van der Waals surface area contributed by atoms with Crippen molar-refractivity contribution in [2.75, 3.05) is 43.9 Å². The number of aliphatic carboxylic acids is 1. The lowest BCUT2D eigenvalue weighted by Gasteiger charge is -2.31. The van der Waals surface area contributed by atoms with Crippen molar-refractivity contribution in [3.8, 4) is 11.5 Å². The van der Waals surface area contributed by atoms with Crippen LogP contribution in [0, 0.1) is 17.0 Å². The molecule has 5 N–H and O–H groups in total. The minimum absolute atomic E-state index is 0.0223. The number of ether oxygens (including phenoxy) is 3. The van der Waals surface area contributed by atoms with Gasteiger partial charge in [-0.15, -0.1) is 11.6 Å². The van der Waals surface area contributed by atoms with Crippen molar-refractivity contribution >= 4 is 89.1 Å². The number of nitro benzene ring substituents is 1. The molecule has 3 aromatic carbocycles. The molecule has 27 heteroatoms. The molecule has 2 amide bonds. The zero-order valence-electron chi connectivity index (χ0n) is 38.1. The summed E-state index contributed by atoms with van der Waals surface area (Å²) in [5.41, 5.74) is 0.224. The van der Waals surface area contributed by atoms with E-state index in [0.717, 1.165) is 53.6 Å². The Morgan fingerprint density at radius 2 is 1.73 bits per heavy atom. The smallest absolute Gasteiger partial charge is 0.416 e. The molecule has 0 spiro atoms. The maximum absolute atomic E-state index is 12.6. The topological polar surface area (TPSA) is 269 Å². The molecule has 1 saturated heterocycles. The van der Waals surface area contributed by atoms with Crippen molar-refractivity contribution in [1.29, 1.82) is 0 Å². The van der Waals surface area contributed by atoms with E-state index in [4.69, 9.17) is 85.0 Å². The van der Waals surface area contributed by atoms with Crippen LogP contribution in [0.4, 0.5) is 24.5 Å². The lowest BCUT2D eigenvalue weighted by molar-refractivity contribution is -0.385. The van der Waals surface area contributed by atoms with E-state index in [1.54, 1.807) is 38.2 Å². The Balaban J connectivity index is 0.000000333. The van der Waals surface area contributed by atoms with Crippen LogP contribution in [0.3, 0.4) is 0 Å². The molecule has 70 heavy (non-hydrogen) atoms. The van der Waals surface area contributed by atoms with Gasteiger partial charge in [-0.05, 0) is 81.6 Å². The third-order valence-electron chi connectivity index (χ3n) is 9.39. The van der Waals surface area contributed by atoms with E-state index >= 15 is 0 Å². The Morgan fingerprint density at radius 1 is 1.07 bits per heavy atom. The summed E-state index contributed by atoms with van der Waals surface area (Å²) in [7, 11) is -2.46. The maximum Gasteiger partial charge on any atom is 0.416 e. The van der Waals surface area contributed by atoms with Crippen molar-refractivity contribution in [3.05, 3.63) is 116 Å². The van der Waals surface area contributed by atoms with Gasteiger partial charge in [0.2, 0.25) is 5.91 Å². The molecule has 1 aliphatic rings. The summed E-state index contributed by atoms with van der Waals surface area (Å²) in [5.74, 6) is -2.75. The van der Waals surface area contributed by atoms with Crippen LogP contribution in [-0.2, 0) is 41.0 Å². The second-order valence-electron chi connectivity index (χ2n) is 15.1. The molecular formula is C43H50Cl4F3N4O15P. The molecule has 2 atom stereocenters. The standard InChI is InChI=1S/C15H22ClNO2.C14H7ClF3NO5.C11H13Cl2NO3.C3H8NO5P/c1-5-13-8-6-7-11(2)15(13)17(14(18)9-16)12(3)10-19-4;15-10-5-7(14(16,17)18)1-4-12(10)24-8-2-3-11(19(22)23)9(6-8)13(20)21;1-11(2)14(10(15)9(12)13)6-8(17-11)7-4-3-5-16-7;5-3(6)1-4-2-10(7,8)9/h6-8,12H,5,9-10H2,1-4H3;1-6H,(H,20,21);3-5,8-9H,6H2,1-2H3;4H,1-2H2,(H,5,6)(H2,7,8,9). The average molecular weight is 1090 g/mol. The van der Waals surface area contributed by atoms with Gasteiger partial charge in [-0.2, -0.15) is 13.2 Å². The largest absolute Gasteiger partial charge is 0.480 e. The van der Waals surface area contributed by atoms with Gasteiger partial charge in [0.1, 0.15) is 40.5 Å². The number of aryl methyl sites for hydroxylation is 2. The second kappa shape index (κ2) is 27.6. The first kappa shape index (κ1) is 61.1. The van der Waals surface area contributed by atoms with Crippen molar-refractivity contribution < 1.29 is 80.5 Å². The van der Waals surface area contributed by atoms with Crippen LogP contribution in [0.25, 0.3) is 0 Å². The third kappa shape index (κ3) is 19.0. The number of para-hydroxylation sites is 1. The number of halogens is 7. The Hall–Kier alpha value is -5.00. The molecule has 0 saturated carbocycles. The Kier molecular flexibility index (Phi) is 24.1. The number of nitrogens with zero attached hydrogens (tertiary/aromatic N) is 3. The Labute approximate surface area is 419 Å². The van der Waals surface area contributed by atoms with Gasteiger partial charge in [0.25, 0.3) is 11.6 Å². The molecule has 1 fully saturated rings. The van der Waals surface area contributed by atoms with Gasteiger partial charge in [-0.1, -0.05) is 59.9 Å². The minimum atomic E-state index is -4.58. The summed E-state index contributed by atoms with van der Waals surface area (Å²) in [6, 6.07) is 14.9. The first-order valence-corrected chi connectivity index (χ1v) is 23.9. The number of carboxylic acid groups (broad SMARTS) is 2. The van der Waals surface area contributed by atoms with Gasteiger partial charge in [-0.3, -0.25) is 34.4 Å². The van der Waals surface area contributed by atoms with E-state index in [1.165, 1.54) is 4.90 Å². The summed E-state index contributed by atoms with van der Waals surface area (Å²) in [4.78, 5) is 73.3. The monoisotopic (exact) mass is 1090 g/mol. The Morgan fingerprint density at radius 3 is 2.21 bits per heavy atom. The fourth-order valence-electron chi connectivity index (χ4n) is 6.36. The highest BCUT2D eigenvalue weighted by Crippen LogP contribution is 2.39. The number of anilines is 1. The summed E-state index contributed by atoms with van der Waals surface area (Å²) < 4.78 is 69.2. The van der Waals surface area contributed by atoms with Gasteiger partial charge in [0.15, 0.2) is 4.84 Å². The number of rotatable bonds is 16. The number of alkyl halides is 6. The van der Waals surface area contributed by atoms with Gasteiger partial charge >= 0.3 is 25.7 Å². The molecule has 5 rings (SSSR count). The van der Waals surface area contributed by atoms with Crippen molar-refractivity contribution in [2.24, 2.45) is 0 Å². The average Bonchev–Trinajstić information content (AvgIpc) is 3.92. The molecule has 0 radical (unpaired) electrons. The van der Waals surface area contributed by atoms with Crippen LogP contribution in [0.2, 0.25) is 5.02 Å². The molecule has 4 aromatic rings. The van der Waals surface area contributed by atoms with Gasteiger partial charge < -0.3 is 48.4 Å². The molecule has 2 heterocycles. The highest BCUT2D eigenvalue weighted by Gasteiger charge is 2.45.